The number of alkyl halides is 3. The maximum Gasteiger partial charge on any atom is 0.416 e. The summed E-state index contributed by atoms with van der Waals surface area (Å²) in [6, 6.07) is 30.0. The highest BCUT2D eigenvalue weighted by Gasteiger charge is 2.47. The van der Waals surface area contributed by atoms with Gasteiger partial charge in [0, 0.05) is 34.4 Å². The van der Waals surface area contributed by atoms with Crippen LogP contribution in [0.15, 0.2) is 109 Å². The van der Waals surface area contributed by atoms with E-state index in [9.17, 15) is 13.2 Å². The van der Waals surface area contributed by atoms with Gasteiger partial charge < -0.3 is 0 Å². The molecule has 1 aliphatic heterocycles. The van der Waals surface area contributed by atoms with Gasteiger partial charge in [0.1, 0.15) is 0 Å². The largest absolute Gasteiger partial charge is 0.416 e. The van der Waals surface area contributed by atoms with Crippen LogP contribution in [0.25, 0.3) is 38.5 Å². The third kappa shape index (κ3) is 5.46. The van der Waals surface area contributed by atoms with Gasteiger partial charge in [-0.3, -0.25) is 0 Å². The van der Waals surface area contributed by atoms with Gasteiger partial charge in [0.05, 0.1) is 34.9 Å². The van der Waals surface area contributed by atoms with Crippen LogP contribution in [0, 0.1) is 6.57 Å². The second-order valence-electron chi connectivity index (χ2n) is 16.0. The standard InChI is InChI=1S/C44H42F3N5/c1-40(2)30-20-32(44(45,46)47)24-34(22-30)51-26-36(28-16-12-10-13-17-28)38(49-51)42(5,6)43(7,8)39-37(29-18-14-11-15-19-29)27-52(50-39)35-23-31(41(40,3)4)21-33(25-35)48-9/h10-27H,1-8H3. The lowest BCUT2D eigenvalue weighted by Gasteiger charge is -2.43. The van der Waals surface area contributed by atoms with Crippen molar-refractivity contribution in [1.29, 1.82) is 0 Å². The zero-order valence-electron chi connectivity index (χ0n) is 30.8. The fourth-order valence-corrected chi connectivity index (χ4v) is 7.33. The van der Waals surface area contributed by atoms with Crippen LogP contribution in [0.5, 0.6) is 0 Å². The molecule has 0 N–H and O–H groups in total. The summed E-state index contributed by atoms with van der Waals surface area (Å²) in [4.78, 5) is 3.84. The minimum absolute atomic E-state index is 0.322. The number of halogens is 3. The van der Waals surface area contributed by atoms with E-state index < -0.39 is 33.4 Å². The summed E-state index contributed by atoms with van der Waals surface area (Å²) in [6.07, 6.45) is -0.701. The summed E-state index contributed by atoms with van der Waals surface area (Å²) in [5, 5.41) is 10.5. The van der Waals surface area contributed by atoms with Gasteiger partial charge in [0.25, 0.3) is 0 Å². The second kappa shape index (κ2) is 11.8. The number of hydrogen-bond acceptors (Lipinski definition) is 2. The molecule has 6 aromatic rings. The highest BCUT2D eigenvalue weighted by Crippen LogP contribution is 2.50. The minimum atomic E-state index is -4.59. The number of hydrogen-bond donors (Lipinski definition) is 0. The molecule has 52 heavy (non-hydrogen) atoms. The van der Waals surface area contributed by atoms with Gasteiger partial charge in [-0.05, 0) is 63.4 Å². The van der Waals surface area contributed by atoms with Crippen LogP contribution in [0.4, 0.5) is 18.9 Å². The summed E-state index contributed by atoms with van der Waals surface area (Å²) in [5.74, 6) is 0. The molecule has 0 fully saturated rings. The maximum atomic E-state index is 14.8. The summed E-state index contributed by atoms with van der Waals surface area (Å²) in [5.41, 5.74) is 4.31. The molecule has 4 aromatic carbocycles. The first-order chi connectivity index (χ1) is 24.4. The summed E-state index contributed by atoms with van der Waals surface area (Å²) in [7, 11) is 0. The molecule has 0 spiro atoms. The Morgan fingerprint density at radius 2 is 0.981 bits per heavy atom. The zero-order chi connectivity index (χ0) is 37.4. The predicted octanol–water partition coefficient (Wildman–Crippen LogP) is 11.8. The molecule has 2 aromatic heterocycles. The quantitative estimate of drug-likeness (QED) is 0.169. The number of fused-ring (bicyclic) bond motifs is 10. The Morgan fingerprint density at radius 3 is 1.40 bits per heavy atom. The lowest BCUT2D eigenvalue weighted by Crippen LogP contribution is -2.42. The Morgan fingerprint density at radius 1 is 0.558 bits per heavy atom. The third-order valence-electron chi connectivity index (χ3n) is 12.2. The Balaban J connectivity index is 1.63. The van der Waals surface area contributed by atoms with Crippen LogP contribution in [0.1, 0.15) is 83.5 Å². The molecule has 0 radical (unpaired) electrons. The van der Waals surface area contributed by atoms with Gasteiger partial charge in [-0.15, -0.1) is 0 Å². The molecule has 0 unspecified atom stereocenters. The molecule has 8 heteroatoms. The van der Waals surface area contributed by atoms with Gasteiger partial charge in [-0.2, -0.15) is 23.4 Å². The molecule has 0 atom stereocenters. The number of rotatable bonds is 2. The van der Waals surface area contributed by atoms with E-state index in [1.807, 2.05) is 118 Å². The van der Waals surface area contributed by atoms with Crippen molar-refractivity contribution in [2.75, 3.05) is 0 Å². The molecule has 0 amide bonds. The lowest BCUT2D eigenvalue weighted by atomic mass is 9.60. The van der Waals surface area contributed by atoms with Crippen LogP contribution in [0.2, 0.25) is 0 Å². The van der Waals surface area contributed by atoms with Crippen molar-refractivity contribution in [1.82, 2.24) is 19.6 Å². The van der Waals surface area contributed by atoms with E-state index in [-0.39, 0.29) is 0 Å². The highest BCUT2D eigenvalue weighted by molar-refractivity contribution is 5.71. The molecule has 0 aliphatic carbocycles. The average Bonchev–Trinajstić information content (AvgIpc) is 3.78. The first kappa shape index (κ1) is 35.0. The van der Waals surface area contributed by atoms with Crippen molar-refractivity contribution < 1.29 is 13.2 Å². The Bertz CT molecular complexity index is 2350. The van der Waals surface area contributed by atoms with E-state index in [2.05, 4.69) is 44.7 Å². The third-order valence-corrected chi connectivity index (χ3v) is 12.2. The van der Waals surface area contributed by atoms with Crippen LogP contribution < -0.4 is 0 Å². The van der Waals surface area contributed by atoms with Crippen molar-refractivity contribution in [2.45, 2.75) is 83.2 Å². The fraction of sp³-hybridized carbons (Fsp3) is 0.295. The normalized spacial score (nSPS) is 17.0. The highest BCUT2D eigenvalue weighted by atomic mass is 19.4. The smallest absolute Gasteiger partial charge is 0.241 e. The molecule has 7 rings (SSSR count). The predicted molar refractivity (Wildman–Crippen MR) is 201 cm³/mol. The Kier molecular flexibility index (Phi) is 7.95. The first-order valence-electron chi connectivity index (χ1n) is 17.4. The van der Waals surface area contributed by atoms with Crippen LogP contribution in [-0.2, 0) is 27.8 Å². The second-order valence-corrected chi connectivity index (χ2v) is 16.0. The number of aromatic nitrogens is 4. The van der Waals surface area contributed by atoms with E-state index in [4.69, 9.17) is 16.8 Å². The molecular formula is C44H42F3N5. The van der Waals surface area contributed by atoms with Gasteiger partial charge in [-0.1, -0.05) is 122 Å². The SMILES string of the molecule is [C-]#[N+]c1cc2cc(c1)C(C)(C)C(C)(C)c1cc(cc(C(F)(F)F)c1)-n1cc(-c3ccccc3)c(n1)C(C)(C)C(C)(C)c1nn-2cc1-c1ccccc1. The van der Waals surface area contributed by atoms with Crippen molar-refractivity contribution in [3.8, 4) is 33.6 Å². The molecule has 5 nitrogen and oxygen atoms in total. The molecule has 3 heterocycles. The molecule has 0 saturated carbocycles. The van der Waals surface area contributed by atoms with Crippen LogP contribution in [0.3, 0.4) is 0 Å². The monoisotopic (exact) mass is 697 g/mol. The zero-order valence-corrected chi connectivity index (χ0v) is 30.8. The van der Waals surface area contributed by atoms with Crippen LogP contribution in [-0.4, -0.2) is 19.6 Å². The van der Waals surface area contributed by atoms with E-state index in [1.54, 1.807) is 4.68 Å². The molecule has 8 bridgehead atoms. The van der Waals surface area contributed by atoms with E-state index >= 15 is 0 Å². The summed E-state index contributed by atoms with van der Waals surface area (Å²) >= 11 is 0. The maximum absolute atomic E-state index is 14.8. The molecular weight excluding hydrogens is 656 g/mol. The van der Waals surface area contributed by atoms with E-state index in [1.165, 1.54) is 12.1 Å². The van der Waals surface area contributed by atoms with Gasteiger partial charge in [-0.25, -0.2) is 14.2 Å². The van der Waals surface area contributed by atoms with E-state index in [0.29, 0.717) is 22.6 Å². The van der Waals surface area contributed by atoms with Gasteiger partial charge in [0.15, 0.2) is 5.69 Å². The first-order valence-corrected chi connectivity index (χ1v) is 17.4. The number of benzene rings is 4. The van der Waals surface area contributed by atoms with Crippen molar-refractivity contribution in [2.24, 2.45) is 0 Å². The lowest BCUT2D eigenvalue weighted by molar-refractivity contribution is -0.137. The minimum Gasteiger partial charge on any atom is -0.241 e. The summed E-state index contributed by atoms with van der Waals surface area (Å²) in [6.45, 7) is 24.6. The van der Waals surface area contributed by atoms with Crippen LogP contribution >= 0.6 is 0 Å². The van der Waals surface area contributed by atoms with Crippen molar-refractivity contribution in [3.05, 3.63) is 149 Å². The van der Waals surface area contributed by atoms with E-state index in [0.717, 1.165) is 39.2 Å². The Hall–Kier alpha value is -5.42. The topological polar surface area (TPSA) is 40.0 Å². The molecule has 0 saturated heterocycles. The molecule has 264 valence electrons. The Labute approximate surface area is 303 Å². The average molecular weight is 698 g/mol. The summed E-state index contributed by atoms with van der Waals surface area (Å²) < 4.78 is 47.7. The van der Waals surface area contributed by atoms with Crippen molar-refractivity contribution in [3.63, 3.8) is 0 Å². The fourth-order valence-electron chi connectivity index (χ4n) is 7.33. The molecule has 1 aliphatic rings. The number of nitrogens with zero attached hydrogens (tertiary/aromatic N) is 5. The van der Waals surface area contributed by atoms with Crippen molar-refractivity contribution >= 4 is 5.69 Å². The van der Waals surface area contributed by atoms with Gasteiger partial charge >= 0.3 is 6.18 Å². The van der Waals surface area contributed by atoms with Gasteiger partial charge in [0.2, 0.25) is 0 Å².